The molecule has 0 bridgehead atoms. The monoisotopic (exact) mass is 197 g/mol. The van der Waals surface area contributed by atoms with Crippen molar-refractivity contribution in [1.29, 1.82) is 0 Å². The van der Waals surface area contributed by atoms with Crippen LogP contribution in [-0.2, 0) is 15.8 Å². The van der Waals surface area contributed by atoms with Gasteiger partial charge in [0.2, 0.25) is 10.0 Å². The summed E-state index contributed by atoms with van der Waals surface area (Å²) in [6.45, 7) is 1.38. The van der Waals surface area contributed by atoms with Crippen LogP contribution in [0.3, 0.4) is 0 Å². The van der Waals surface area contributed by atoms with E-state index < -0.39 is 10.0 Å². The molecule has 1 saturated heterocycles. The summed E-state index contributed by atoms with van der Waals surface area (Å²) in [6, 6.07) is 9.26. The molecule has 1 fully saturated rings. The lowest BCUT2D eigenvalue weighted by Gasteiger charge is -2.03. The highest BCUT2D eigenvalue weighted by molar-refractivity contribution is 7.88. The Hall–Kier alpha value is -0.870. The molecule has 0 saturated carbocycles. The van der Waals surface area contributed by atoms with Crippen molar-refractivity contribution in [3.8, 4) is 0 Å². The zero-order valence-electron chi connectivity index (χ0n) is 7.18. The van der Waals surface area contributed by atoms with Gasteiger partial charge in [-0.15, -0.1) is 0 Å². The first-order valence-corrected chi connectivity index (χ1v) is 5.81. The van der Waals surface area contributed by atoms with Gasteiger partial charge in [-0.3, -0.25) is 0 Å². The second-order valence-corrected chi connectivity index (χ2v) is 5.11. The first-order valence-electron chi connectivity index (χ1n) is 4.20. The van der Waals surface area contributed by atoms with Gasteiger partial charge in [0.1, 0.15) is 0 Å². The van der Waals surface area contributed by atoms with Crippen molar-refractivity contribution < 1.29 is 8.42 Å². The zero-order valence-corrected chi connectivity index (χ0v) is 8.00. The zero-order chi connectivity index (χ0) is 9.31. The summed E-state index contributed by atoms with van der Waals surface area (Å²) in [5.41, 5.74) is 0.856. The van der Waals surface area contributed by atoms with Crippen LogP contribution >= 0.6 is 0 Å². The molecule has 1 heterocycles. The summed E-state index contributed by atoms with van der Waals surface area (Å²) in [4.78, 5) is 0. The molecule has 0 aliphatic carbocycles. The van der Waals surface area contributed by atoms with E-state index in [2.05, 4.69) is 0 Å². The predicted octanol–water partition coefficient (Wildman–Crippen LogP) is 0.832. The average Bonchev–Trinajstić information content (AvgIpc) is 2.87. The van der Waals surface area contributed by atoms with Crippen molar-refractivity contribution in [1.82, 2.24) is 4.31 Å². The molecule has 1 aromatic rings. The largest absolute Gasteiger partial charge is 0.218 e. The van der Waals surface area contributed by atoms with E-state index in [0.717, 1.165) is 5.56 Å². The lowest BCUT2D eigenvalue weighted by atomic mass is 10.2. The van der Waals surface area contributed by atoms with Crippen LogP contribution in [0.15, 0.2) is 30.3 Å². The van der Waals surface area contributed by atoms with Crippen molar-refractivity contribution in [3.63, 3.8) is 0 Å². The Kier molecular flexibility index (Phi) is 2.09. The Morgan fingerprint density at radius 3 is 2.31 bits per heavy atom. The van der Waals surface area contributed by atoms with E-state index in [4.69, 9.17) is 0 Å². The molecular formula is C9H11NO2S. The minimum absolute atomic E-state index is 0.133. The third kappa shape index (κ3) is 2.08. The second-order valence-electron chi connectivity index (χ2n) is 3.14. The normalized spacial score (nSPS) is 17.2. The van der Waals surface area contributed by atoms with Crippen molar-refractivity contribution in [3.05, 3.63) is 35.9 Å². The third-order valence-electron chi connectivity index (χ3n) is 1.99. The summed E-state index contributed by atoms with van der Waals surface area (Å²) in [7, 11) is -3.01. The minimum Gasteiger partial charge on any atom is -0.212 e. The number of hydrogen-bond acceptors (Lipinski definition) is 2. The summed E-state index contributed by atoms with van der Waals surface area (Å²) in [6.07, 6.45) is 0. The molecule has 1 aliphatic rings. The topological polar surface area (TPSA) is 37.1 Å². The van der Waals surface area contributed by atoms with Gasteiger partial charge >= 0.3 is 0 Å². The first-order chi connectivity index (χ1) is 6.18. The van der Waals surface area contributed by atoms with Crippen LogP contribution in [0.4, 0.5) is 0 Å². The van der Waals surface area contributed by atoms with Gasteiger partial charge in [0.25, 0.3) is 0 Å². The molecule has 70 valence electrons. The summed E-state index contributed by atoms with van der Waals surface area (Å²) in [5.74, 6) is 0.133. The predicted molar refractivity (Wildman–Crippen MR) is 50.6 cm³/mol. The Labute approximate surface area is 78.0 Å². The Morgan fingerprint density at radius 1 is 1.15 bits per heavy atom. The van der Waals surface area contributed by atoms with E-state index in [9.17, 15) is 8.42 Å². The van der Waals surface area contributed by atoms with Crippen LogP contribution in [0.1, 0.15) is 5.56 Å². The Bertz CT molecular complexity index is 381. The van der Waals surface area contributed by atoms with E-state index in [-0.39, 0.29) is 5.75 Å². The molecule has 0 atom stereocenters. The van der Waals surface area contributed by atoms with Gasteiger partial charge in [-0.25, -0.2) is 8.42 Å². The Balaban J connectivity index is 2.14. The molecule has 4 heteroatoms. The number of hydrogen-bond donors (Lipinski definition) is 0. The maximum atomic E-state index is 11.5. The van der Waals surface area contributed by atoms with E-state index >= 15 is 0 Å². The molecule has 13 heavy (non-hydrogen) atoms. The fraction of sp³-hybridized carbons (Fsp3) is 0.333. The van der Waals surface area contributed by atoms with Crippen molar-refractivity contribution in [2.24, 2.45) is 0 Å². The van der Waals surface area contributed by atoms with Crippen molar-refractivity contribution in [2.75, 3.05) is 13.1 Å². The molecule has 0 amide bonds. The molecule has 0 aromatic heterocycles. The van der Waals surface area contributed by atoms with Gasteiger partial charge in [0.05, 0.1) is 5.75 Å². The molecule has 1 aromatic carbocycles. The molecule has 3 nitrogen and oxygen atoms in total. The molecule has 0 spiro atoms. The minimum atomic E-state index is -3.01. The molecule has 0 unspecified atom stereocenters. The third-order valence-corrected chi connectivity index (χ3v) is 3.84. The number of nitrogens with zero attached hydrogens (tertiary/aromatic N) is 1. The number of benzene rings is 1. The maximum Gasteiger partial charge on any atom is 0.218 e. The maximum absolute atomic E-state index is 11.5. The standard InChI is InChI=1S/C9H11NO2S/c11-13(12,10-6-7-10)8-9-4-2-1-3-5-9/h1-5H,6-8H2. The second kappa shape index (κ2) is 3.12. The van der Waals surface area contributed by atoms with Crippen molar-refractivity contribution in [2.45, 2.75) is 5.75 Å². The van der Waals surface area contributed by atoms with Gasteiger partial charge in [-0.1, -0.05) is 30.3 Å². The number of sulfonamides is 1. The summed E-state index contributed by atoms with van der Waals surface area (Å²) in [5, 5.41) is 0. The van der Waals surface area contributed by atoms with E-state index in [1.165, 1.54) is 4.31 Å². The highest BCUT2D eigenvalue weighted by atomic mass is 32.2. The fourth-order valence-corrected chi connectivity index (χ4v) is 2.63. The van der Waals surface area contributed by atoms with Gasteiger partial charge in [0, 0.05) is 13.1 Å². The van der Waals surface area contributed by atoms with Gasteiger partial charge < -0.3 is 0 Å². The molecule has 0 radical (unpaired) electrons. The highest BCUT2D eigenvalue weighted by Crippen LogP contribution is 2.16. The lowest BCUT2D eigenvalue weighted by Crippen LogP contribution is -2.13. The van der Waals surface area contributed by atoms with Gasteiger partial charge in [-0.05, 0) is 5.56 Å². The van der Waals surface area contributed by atoms with E-state index in [0.29, 0.717) is 13.1 Å². The highest BCUT2D eigenvalue weighted by Gasteiger charge is 2.31. The summed E-state index contributed by atoms with van der Waals surface area (Å²) < 4.78 is 24.5. The summed E-state index contributed by atoms with van der Waals surface area (Å²) >= 11 is 0. The smallest absolute Gasteiger partial charge is 0.212 e. The SMILES string of the molecule is O=S(=O)(Cc1ccccc1)N1CC1. The van der Waals surface area contributed by atoms with Crippen LogP contribution in [0.5, 0.6) is 0 Å². The number of rotatable bonds is 3. The average molecular weight is 197 g/mol. The van der Waals surface area contributed by atoms with Crippen LogP contribution in [0, 0.1) is 0 Å². The van der Waals surface area contributed by atoms with Gasteiger partial charge in [-0.2, -0.15) is 4.31 Å². The van der Waals surface area contributed by atoms with Gasteiger partial charge in [0.15, 0.2) is 0 Å². The van der Waals surface area contributed by atoms with Crippen LogP contribution in [0.25, 0.3) is 0 Å². The van der Waals surface area contributed by atoms with Crippen LogP contribution in [-0.4, -0.2) is 25.8 Å². The molecule has 2 rings (SSSR count). The molecular weight excluding hydrogens is 186 g/mol. The lowest BCUT2D eigenvalue weighted by molar-refractivity contribution is 0.562. The van der Waals surface area contributed by atoms with Crippen molar-refractivity contribution >= 4 is 10.0 Å². The van der Waals surface area contributed by atoms with Crippen LogP contribution < -0.4 is 0 Å². The quantitative estimate of drug-likeness (QED) is 0.673. The molecule has 1 aliphatic heterocycles. The fourth-order valence-electron chi connectivity index (χ4n) is 1.20. The molecule has 0 N–H and O–H groups in total. The first kappa shape index (κ1) is 8.72. The van der Waals surface area contributed by atoms with E-state index in [1.54, 1.807) is 0 Å². The Morgan fingerprint density at radius 2 is 1.77 bits per heavy atom. The van der Waals surface area contributed by atoms with Crippen LogP contribution in [0.2, 0.25) is 0 Å². The van der Waals surface area contributed by atoms with E-state index in [1.807, 2.05) is 30.3 Å².